The Morgan fingerprint density at radius 3 is 2.47 bits per heavy atom. The molecule has 0 spiro atoms. The quantitative estimate of drug-likeness (QED) is 0.351. The minimum atomic E-state index is -4.72. The second-order valence-electron chi connectivity index (χ2n) is 7.89. The van der Waals surface area contributed by atoms with E-state index in [0.29, 0.717) is 5.75 Å². The molecular weight excluding hydrogens is 450 g/mol. The lowest BCUT2D eigenvalue weighted by Crippen LogP contribution is -2.15. The molecule has 9 heteroatoms. The van der Waals surface area contributed by atoms with Crippen LogP contribution in [0.25, 0.3) is 0 Å². The van der Waals surface area contributed by atoms with Crippen LogP contribution in [0.4, 0.5) is 17.6 Å². The predicted octanol–water partition coefficient (Wildman–Crippen LogP) is 6.68. The summed E-state index contributed by atoms with van der Waals surface area (Å²) in [5.74, 6) is -3.04. The van der Waals surface area contributed by atoms with Crippen molar-refractivity contribution in [3.05, 3.63) is 71.0 Å². The van der Waals surface area contributed by atoms with E-state index in [1.165, 1.54) is 12.1 Å². The van der Waals surface area contributed by atoms with Crippen LogP contribution in [0.15, 0.2) is 59.6 Å². The van der Waals surface area contributed by atoms with Gasteiger partial charge in [-0.25, -0.2) is 4.39 Å². The van der Waals surface area contributed by atoms with Gasteiger partial charge in [-0.05, 0) is 35.6 Å². The third kappa shape index (κ3) is 5.05. The predicted molar refractivity (Wildman–Crippen MR) is 108 cm³/mol. The van der Waals surface area contributed by atoms with Crippen LogP contribution in [0, 0.1) is 34.4 Å². The highest BCUT2D eigenvalue weighted by Crippen LogP contribution is 2.60. The Labute approximate surface area is 187 Å². The van der Waals surface area contributed by atoms with E-state index >= 15 is 0 Å². The van der Waals surface area contributed by atoms with Crippen LogP contribution in [0.1, 0.15) is 25.5 Å². The van der Waals surface area contributed by atoms with Gasteiger partial charge in [-0.2, -0.15) is 18.4 Å². The van der Waals surface area contributed by atoms with Crippen LogP contribution < -0.4 is 4.74 Å². The van der Waals surface area contributed by atoms with Crippen LogP contribution in [0.5, 0.6) is 11.5 Å². The topological polar surface area (TPSA) is 59.3 Å². The summed E-state index contributed by atoms with van der Waals surface area (Å²) in [4.78, 5) is 12.6. The van der Waals surface area contributed by atoms with Gasteiger partial charge in [0.25, 0.3) is 0 Å². The Morgan fingerprint density at radius 1 is 1.22 bits per heavy atom. The number of para-hydroxylation sites is 1. The fourth-order valence-electron chi connectivity index (χ4n) is 3.43. The normalized spacial score (nSPS) is 20.8. The number of ether oxygens (including phenoxy) is 2. The summed E-state index contributed by atoms with van der Waals surface area (Å²) in [5.41, 5.74) is -0.667. The summed E-state index contributed by atoms with van der Waals surface area (Å²) < 4.78 is 63.1. The molecule has 3 atom stereocenters. The molecule has 0 N–H and O–H groups in total. The van der Waals surface area contributed by atoms with Crippen molar-refractivity contribution in [2.45, 2.75) is 26.1 Å². The van der Waals surface area contributed by atoms with E-state index in [2.05, 4.69) is 0 Å². The summed E-state index contributed by atoms with van der Waals surface area (Å²) in [7, 11) is 0. The first kappa shape index (κ1) is 23.6. The Hall–Kier alpha value is -3.05. The fraction of sp³-hybridized carbons (Fsp3) is 0.304. The average molecular weight is 468 g/mol. The van der Waals surface area contributed by atoms with Gasteiger partial charge in [-0.3, -0.25) is 4.79 Å². The lowest BCUT2D eigenvalue weighted by molar-refractivity contribution is -0.149. The molecule has 0 unspecified atom stereocenters. The molecule has 1 saturated carbocycles. The molecule has 3 rings (SSSR count). The maximum Gasteiger partial charge on any atom is 0.426 e. The first-order valence-electron chi connectivity index (χ1n) is 9.52. The van der Waals surface area contributed by atoms with Crippen molar-refractivity contribution in [2.24, 2.45) is 17.3 Å². The SMILES string of the molecule is CC1(C)[C@H](/C=C(\Cl)C(F)(F)F)[C@@H]1C(=O)O[C@H](C#N)c1ccc(F)c(Oc2ccccc2)c1. The summed E-state index contributed by atoms with van der Waals surface area (Å²) in [6, 6.07) is 13.8. The Morgan fingerprint density at radius 2 is 1.88 bits per heavy atom. The second-order valence-corrected chi connectivity index (χ2v) is 8.30. The average Bonchev–Trinajstić information content (AvgIpc) is 3.27. The van der Waals surface area contributed by atoms with Gasteiger partial charge in [-0.15, -0.1) is 0 Å². The van der Waals surface area contributed by atoms with E-state index in [9.17, 15) is 27.6 Å². The molecule has 0 amide bonds. The van der Waals surface area contributed by atoms with E-state index in [4.69, 9.17) is 21.1 Å². The third-order valence-electron chi connectivity index (χ3n) is 5.34. The van der Waals surface area contributed by atoms with Gasteiger partial charge in [-0.1, -0.05) is 55.8 Å². The number of hydrogen-bond acceptors (Lipinski definition) is 4. The minimum absolute atomic E-state index is 0.159. The number of carbonyl (C=O) groups is 1. The maximum absolute atomic E-state index is 14.2. The number of nitrogens with zero attached hydrogens (tertiary/aromatic N) is 1. The van der Waals surface area contributed by atoms with Gasteiger partial charge in [0.1, 0.15) is 16.9 Å². The standard InChI is InChI=1S/C23H18ClF4NO3/c1-22(2)15(11-19(24)23(26,27)28)20(22)21(30)32-18(12-29)13-8-9-16(25)17(10-13)31-14-6-4-3-5-7-14/h3-11,15,18,20H,1-2H3/b19-11-/t15-,18-,20-/m1/s1. The number of hydrogen-bond donors (Lipinski definition) is 0. The largest absolute Gasteiger partial charge is 0.454 e. The lowest BCUT2D eigenvalue weighted by Gasteiger charge is -2.14. The van der Waals surface area contributed by atoms with Crippen molar-refractivity contribution >= 4 is 17.6 Å². The van der Waals surface area contributed by atoms with Crippen molar-refractivity contribution in [1.29, 1.82) is 5.26 Å². The monoisotopic (exact) mass is 467 g/mol. The Bertz CT molecular complexity index is 1080. The van der Waals surface area contributed by atoms with Crippen molar-refractivity contribution in [2.75, 3.05) is 0 Å². The number of benzene rings is 2. The molecule has 0 aromatic heterocycles. The van der Waals surface area contributed by atoms with Crippen molar-refractivity contribution < 1.29 is 31.8 Å². The summed E-state index contributed by atoms with van der Waals surface area (Å²) in [6.07, 6.45) is -5.33. The zero-order valence-corrected chi connectivity index (χ0v) is 17.7. The first-order chi connectivity index (χ1) is 14.9. The fourth-order valence-corrected chi connectivity index (χ4v) is 3.56. The molecule has 168 valence electrons. The van der Waals surface area contributed by atoms with E-state index in [-0.39, 0.29) is 11.3 Å². The number of rotatable bonds is 6. The molecule has 1 fully saturated rings. The van der Waals surface area contributed by atoms with Crippen LogP contribution >= 0.6 is 11.6 Å². The number of carbonyl (C=O) groups excluding carboxylic acids is 1. The van der Waals surface area contributed by atoms with Gasteiger partial charge < -0.3 is 9.47 Å². The summed E-state index contributed by atoms with van der Waals surface area (Å²) >= 11 is 5.30. The van der Waals surface area contributed by atoms with E-state index < -0.39 is 46.3 Å². The molecule has 4 nitrogen and oxygen atoms in total. The molecule has 0 bridgehead atoms. The number of alkyl halides is 3. The van der Waals surface area contributed by atoms with Gasteiger partial charge in [0, 0.05) is 5.56 Å². The third-order valence-corrected chi connectivity index (χ3v) is 5.68. The molecule has 2 aromatic rings. The number of nitriles is 1. The van der Waals surface area contributed by atoms with E-state index in [1.807, 2.05) is 6.07 Å². The van der Waals surface area contributed by atoms with E-state index in [0.717, 1.165) is 12.1 Å². The highest BCUT2D eigenvalue weighted by Gasteiger charge is 2.62. The first-order valence-corrected chi connectivity index (χ1v) is 9.90. The Kier molecular flexibility index (Phi) is 6.51. The smallest absolute Gasteiger partial charge is 0.426 e. The molecule has 0 aliphatic heterocycles. The van der Waals surface area contributed by atoms with Gasteiger partial charge in [0.05, 0.1) is 5.92 Å². The molecular formula is C23H18ClF4NO3. The molecule has 32 heavy (non-hydrogen) atoms. The highest BCUT2D eigenvalue weighted by atomic mass is 35.5. The van der Waals surface area contributed by atoms with Crippen molar-refractivity contribution in [1.82, 2.24) is 0 Å². The Balaban J connectivity index is 1.76. The van der Waals surface area contributed by atoms with Crippen LogP contribution in [0.3, 0.4) is 0 Å². The molecule has 0 heterocycles. The minimum Gasteiger partial charge on any atom is -0.454 e. The molecule has 0 saturated heterocycles. The number of esters is 1. The van der Waals surface area contributed by atoms with Crippen molar-refractivity contribution in [3.8, 4) is 17.6 Å². The zero-order valence-electron chi connectivity index (χ0n) is 17.0. The lowest BCUT2D eigenvalue weighted by atomic mass is 10.1. The maximum atomic E-state index is 14.2. The van der Waals surface area contributed by atoms with Crippen LogP contribution in [-0.4, -0.2) is 12.1 Å². The molecule has 1 aliphatic carbocycles. The van der Waals surface area contributed by atoms with E-state index in [1.54, 1.807) is 44.2 Å². The number of allylic oxidation sites excluding steroid dienone is 2. The molecule has 2 aromatic carbocycles. The van der Waals surface area contributed by atoms with Gasteiger partial charge in [0.2, 0.25) is 6.10 Å². The summed E-state index contributed by atoms with van der Waals surface area (Å²) in [5, 5.41) is 8.17. The molecule has 1 aliphatic rings. The number of halogens is 5. The molecule has 0 radical (unpaired) electrons. The van der Waals surface area contributed by atoms with Crippen molar-refractivity contribution in [3.63, 3.8) is 0 Å². The van der Waals surface area contributed by atoms with Gasteiger partial charge in [0.15, 0.2) is 11.6 Å². The summed E-state index contributed by atoms with van der Waals surface area (Å²) in [6.45, 7) is 3.21. The zero-order chi connectivity index (χ0) is 23.7. The van der Waals surface area contributed by atoms with Crippen LogP contribution in [-0.2, 0) is 9.53 Å². The van der Waals surface area contributed by atoms with Gasteiger partial charge >= 0.3 is 12.1 Å². The second kappa shape index (κ2) is 8.83. The highest BCUT2D eigenvalue weighted by molar-refractivity contribution is 6.30. The van der Waals surface area contributed by atoms with Crippen LogP contribution in [0.2, 0.25) is 0 Å².